The molecule has 0 saturated carbocycles. The monoisotopic (exact) mass is 427 g/mol. The molecule has 0 bridgehead atoms. The lowest BCUT2D eigenvalue weighted by Crippen LogP contribution is -2.06. The Morgan fingerprint density at radius 2 is 1.84 bits per heavy atom. The van der Waals surface area contributed by atoms with Crippen LogP contribution in [0.4, 0.5) is 0 Å². The third kappa shape index (κ3) is 4.69. The van der Waals surface area contributed by atoms with Crippen molar-refractivity contribution in [1.82, 2.24) is 35.4 Å². The van der Waals surface area contributed by atoms with Crippen LogP contribution < -0.4 is 0 Å². The van der Waals surface area contributed by atoms with Gasteiger partial charge in [0.2, 0.25) is 17.4 Å². The molecule has 4 aromatic rings. The molecular weight excluding hydrogens is 402 g/mol. The fraction of sp³-hybridized carbons (Fsp3) is 0.250. The summed E-state index contributed by atoms with van der Waals surface area (Å²) < 4.78 is 1.79. The van der Waals surface area contributed by atoms with Gasteiger partial charge in [-0.2, -0.15) is 5.21 Å². The average molecular weight is 428 g/mol. The Morgan fingerprint density at radius 1 is 1.06 bits per heavy atom. The Kier molecular flexibility index (Phi) is 6.60. The molecule has 0 atom stereocenters. The first-order chi connectivity index (χ1) is 15.7. The highest BCUT2D eigenvalue weighted by molar-refractivity contribution is 5.92. The molecule has 2 heterocycles. The maximum atomic E-state index is 12.3. The van der Waals surface area contributed by atoms with Gasteiger partial charge >= 0.3 is 0 Å². The van der Waals surface area contributed by atoms with Crippen molar-refractivity contribution in [2.24, 2.45) is 0 Å². The number of carbonyl (C=O) groups excluding carboxylic acids is 1. The molecule has 2 aromatic heterocycles. The molecule has 0 unspecified atom stereocenters. The van der Waals surface area contributed by atoms with Crippen LogP contribution in [0.25, 0.3) is 28.6 Å². The van der Waals surface area contributed by atoms with Crippen molar-refractivity contribution in [1.29, 1.82) is 0 Å². The maximum Gasteiger partial charge on any atom is 0.217 e. The fourth-order valence-corrected chi connectivity index (χ4v) is 3.44. The topological polar surface area (TPSA) is 102 Å². The molecule has 0 aliphatic rings. The van der Waals surface area contributed by atoms with E-state index >= 15 is 0 Å². The first-order valence-electron chi connectivity index (χ1n) is 10.8. The molecule has 8 heteroatoms. The minimum Gasteiger partial charge on any atom is -0.291 e. The summed E-state index contributed by atoms with van der Waals surface area (Å²) in [5.41, 5.74) is 4.06. The third-order valence-corrected chi connectivity index (χ3v) is 5.04. The van der Waals surface area contributed by atoms with E-state index in [2.05, 4.69) is 61.9 Å². The van der Waals surface area contributed by atoms with Gasteiger partial charge in [0.25, 0.3) is 0 Å². The zero-order chi connectivity index (χ0) is 22.3. The van der Waals surface area contributed by atoms with Gasteiger partial charge in [0.1, 0.15) is 0 Å². The van der Waals surface area contributed by atoms with Gasteiger partial charge in [0.15, 0.2) is 5.82 Å². The molecule has 0 aliphatic carbocycles. The van der Waals surface area contributed by atoms with Gasteiger partial charge in [-0.25, -0.2) is 9.67 Å². The third-order valence-electron chi connectivity index (χ3n) is 5.04. The highest BCUT2D eigenvalue weighted by Crippen LogP contribution is 2.29. The first kappa shape index (κ1) is 21.3. The predicted octanol–water partition coefficient (Wildman–Crippen LogP) is 4.58. The number of carbonyl (C=O) groups is 1. The largest absolute Gasteiger partial charge is 0.291 e. The van der Waals surface area contributed by atoms with Crippen LogP contribution in [0.1, 0.15) is 55.1 Å². The van der Waals surface area contributed by atoms with E-state index in [9.17, 15) is 4.79 Å². The van der Waals surface area contributed by atoms with Crippen LogP contribution in [0.5, 0.6) is 0 Å². The van der Waals surface area contributed by atoms with Crippen molar-refractivity contribution >= 4 is 11.9 Å². The van der Waals surface area contributed by atoms with Crippen LogP contribution in [0, 0.1) is 0 Å². The van der Waals surface area contributed by atoms with Crippen molar-refractivity contribution in [3.63, 3.8) is 0 Å². The van der Waals surface area contributed by atoms with Crippen molar-refractivity contribution in [2.45, 2.75) is 39.7 Å². The summed E-state index contributed by atoms with van der Waals surface area (Å²) in [5.74, 6) is 1.51. The lowest BCUT2D eigenvalue weighted by molar-refractivity contribution is 0.0971. The molecule has 0 saturated heterocycles. The van der Waals surface area contributed by atoms with Crippen LogP contribution in [0.2, 0.25) is 0 Å². The molecule has 2 aromatic carbocycles. The number of Topliss-reactive ketones (excluding diaryl/α,β-unsaturated/α-hetero) is 1. The van der Waals surface area contributed by atoms with Gasteiger partial charge in [0, 0.05) is 12.0 Å². The second kappa shape index (κ2) is 9.91. The number of aromatic amines is 1. The second-order valence-electron chi connectivity index (χ2n) is 7.41. The van der Waals surface area contributed by atoms with Crippen molar-refractivity contribution in [2.75, 3.05) is 0 Å². The van der Waals surface area contributed by atoms with E-state index in [1.165, 1.54) is 0 Å². The lowest BCUT2D eigenvalue weighted by atomic mass is 9.98. The fourth-order valence-electron chi connectivity index (χ4n) is 3.44. The smallest absolute Gasteiger partial charge is 0.217 e. The normalized spacial score (nSPS) is 11.3. The number of nitrogens with one attached hydrogen (secondary N) is 1. The quantitative estimate of drug-likeness (QED) is 0.392. The van der Waals surface area contributed by atoms with Gasteiger partial charge in [0.05, 0.1) is 6.54 Å². The first-order valence-corrected chi connectivity index (χ1v) is 10.8. The van der Waals surface area contributed by atoms with E-state index in [4.69, 9.17) is 0 Å². The Labute approximate surface area is 186 Å². The van der Waals surface area contributed by atoms with Gasteiger partial charge in [-0.3, -0.25) is 4.79 Å². The van der Waals surface area contributed by atoms with Crippen molar-refractivity contribution in [3.8, 4) is 22.5 Å². The molecular formula is C24H25N7O. The van der Waals surface area contributed by atoms with E-state index in [-0.39, 0.29) is 11.6 Å². The number of hydrogen-bond donors (Lipinski definition) is 1. The van der Waals surface area contributed by atoms with Gasteiger partial charge in [-0.05, 0) is 40.8 Å². The number of hydrogen-bond acceptors (Lipinski definition) is 6. The number of aromatic nitrogens is 7. The Balaban J connectivity index is 1.60. The molecule has 0 spiro atoms. The Morgan fingerprint density at radius 3 is 2.53 bits per heavy atom. The van der Waals surface area contributed by atoms with Crippen LogP contribution in [0.3, 0.4) is 0 Å². The summed E-state index contributed by atoms with van der Waals surface area (Å²) in [6, 6.07) is 16.2. The summed E-state index contributed by atoms with van der Waals surface area (Å²) in [7, 11) is 0. The minimum atomic E-state index is -0.0224. The summed E-state index contributed by atoms with van der Waals surface area (Å²) in [6.45, 7) is 4.57. The van der Waals surface area contributed by atoms with E-state index in [1.54, 1.807) is 4.68 Å². The Bertz CT molecular complexity index is 1210. The van der Waals surface area contributed by atoms with Gasteiger partial charge in [-0.1, -0.05) is 68.5 Å². The highest BCUT2D eigenvalue weighted by Gasteiger charge is 2.15. The molecule has 0 radical (unpaired) electrons. The van der Waals surface area contributed by atoms with E-state index in [1.807, 2.05) is 43.3 Å². The molecule has 0 amide bonds. The van der Waals surface area contributed by atoms with Gasteiger partial charge in [-0.15, -0.1) is 15.3 Å². The van der Waals surface area contributed by atoms with Crippen molar-refractivity contribution in [3.05, 3.63) is 71.8 Å². The number of benzene rings is 2. The zero-order valence-corrected chi connectivity index (χ0v) is 18.2. The molecule has 8 nitrogen and oxygen atoms in total. The van der Waals surface area contributed by atoms with E-state index in [0.717, 1.165) is 35.1 Å². The SMILES string of the molecule is CCC=Cc1nc(C(=O)CCC)nn1Cc1ccc(-c2ccccc2-c2nn[nH]n2)cc1. The van der Waals surface area contributed by atoms with Crippen LogP contribution in [-0.2, 0) is 6.54 Å². The predicted molar refractivity (Wildman–Crippen MR) is 123 cm³/mol. The standard InChI is InChI=1S/C24H25N7O/c1-3-5-11-22-25-24(21(32)8-4-2)28-31(22)16-17-12-14-18(15-13-17)19-9-6-7-10-20(19)23-26-29-30-27-23/h5-7,9-15H,3-4,8,16H2,1-2H3,(H,26,27,29,30). The number of allylic oxidation sites excluding steroid dienone is 1. The molecule has 0 aliphatic heterocycles. The van der Waals surface area contributed by atoms with Crippen molar-refractivity contribution < 1.29 is 4.79 Å². The zero-order valence-electron chi connectivity index (χ0n) is 18.2. The summed E-state index contributed by atoms with van der Waals surface area (Å²) in [5, 5.41) is 18.9. The van der Waals surface area contributed by atoms with Gasteiger partial charge < -0.3 is 0 Å². The van der Waals surface area contributed by atoms with Crippen LogP contribution in [-0.4, -0.2) is 41.2 Å². The number of ketones is 1. The molecule has 162 valence electrons. The molecule has 32 heavy (non-hydrogen) atoms. The average Bonchev–Trinajstić information content (AvgIpc) is 3.49. The number of tetrazole rings is 1. The Hall–Kier alpha value is -3.94. The van der Waals surface area contributed by atoms with E-state index in [0.29, 0.717) is 24.6 Å². The molecule has 4 rings (SSSR count). The van der Waals surface area contributed by atoms with E-state index < -0.39 is 0 Å². The van der Waals surface area contributed by atoms with Crippen LogP contribution >= 0.6 is 0 Å². The summed E-state index contributed by atoms with van der Waals surface area (Å²) in [6.07, 6.45) is 6.06. The lowest BCUT2D eigenvalue weighted by Gasteiger charge is -2.09. The molecule has 1 N–H and O–H groups in total. The second-order valence-corrected chi connectivity index (χ2v) is 7.41. The summed E-state index contributed by atoms with van der Waals surface area (Å²) >= 11 is 0. The minimum absolute atomic E-state index is 0.0224. The number of H-pyrrole nitrogens is 1. The maximum absolute atomic E-state index is 12.3. The number of nitrogens with zero attached hydrogens (tertiary/aromatic N) is 6. The van der Waals surface area contributed by atoms with Crippen LogP contribution in [0.15, 0.2) is 54.6 Å². The highest BCUT2D eigenvalue weighted by atomic mass is 16.1. The summed E-state index contributed by atoms with van der Waals surface area (Å²) in [4.78, 5) is 16.7. The number of rotatable bonds is 9. The molecule has 0 fully saturated rings.